The van der Waals surface area contributed by atoms with Gasteiger partial charge in [-0.25, -0.2) is 4.98 Å². The molecule has 132 valence electrons. The Morgan fingerprint density at radius 2 is 2.04 bits per heavy atom. The van der Waals surface area contributed by atoms with Gasteiger partial charge in [0.25, 0.3) is 0 Å². The highest BCUT2D eigenvalue weighted by Crippen LogP contribution is 2.35. The standard InChI is InChI=1S/C20H19N3O2S/c1-25-17-5-3-2-4-15(17)22-19(24)14-6-7-16-18(12-14)26-20(23-16)13-8-10-21-11-9-13/h2-5,8-11,14H,6-7,12H2,1H3,(H,22,24). The fraction of sp³-hybridized carbons (Fsp3) is 0.250. The lowest BCUT2D eigenvalue weighted by atomic mass is 9.90. The molecule has 5 nitrogen and oxygen atoms in total. The largest absolute Gasteiger partial charge is 0.495 e. The molecular weight excluding hydrogens is 346 g/mol. The Bertz CT molecular complexity index is 924. The number of benzene rings is 1. The molecule has 0 aliphatic heterocycles. The number of hydrogen-bond donors (Lipinski definition) is 1. The monoisotopic (exact) mass is 365 g/mol. The molecule has 1 amide bonds. The first kappa shape index (κ1) is 16.7. The van der Waals surface area contributed by atoms with Gasteiger partial charge in [0.2, 0.25) is 5.91 Å². The normalized spacial score (nSPS) is 16.0. The first-order chi connectivity index (χ1) is 12.7. The number of ether oxygens (including phenoxy) is 1. The highest BCUT2D eigenvalue weighted by Gasteiger charge is 2.28. The maximum atomic E-state index is 12.7. The minimum absolute atomic E-state index is 0.0408. The van der Waals surface area contributed by atoms with Crippen LogP contribution in [0.1, 0.15) is 17.0 Å². The topological polar surface area (TPSA) is 64.1 Å². The predicted molar refractivity (Wildman–Crippen MR) is 102 cm³/mol. The number of aromatic nitrogens is 2. The minimum atomic E-state index is -0.0434. The second-order valence-corrected chi connectivity index (χ2v) is 7.34. The summed E-state index contributed by atoms with van der Waals surface area (Å²) >= 11 is 1.68. The average Bonchev–Trinajstić information content (AvgIpc) is 3.12. The van der Waals surface area contributed by atoms with Gasteiger partial charge in [0.15, 0.2) is 0 Å². The Balaban J connectivity index is 1.50. The van der Waals surface area contributed by atoms with Crippen LogP contribution in [-0.4, -0.2) is 23.0 Å². The highest BCUT2D eigenvalue weighted by molar-refractivity contribution is 7.15. The number of aryl methyl sites for hydroxylation is 1. The summed E-state index contributed by atoms with van der Waals surface area (Å²) in [6, 6.07) is 11.4. The number of carbonyl (C=O) groups is 1. The molecule has 1 atom stereocenters. The fourth-order valence-electron chi connectivity index (χ4n) is 3.20. The van der Waals surface area contributed by atoms with Crippen LogP contribution in [0, 0.1) is 5.92 Å². The molecule has 1 aromatic carbocycles. The Kier molecular flexibility index (Phi) is 4.67. The molecule has 2 aromatic heterocycles. The number of rotatable bonds is 4. The lowest BCUT2D eigenvalue weighted by Gasteiger charge is -2.21. The maximum absolute atomic E-state index is 12.7. The molecule has 1 unspecified atom stereocenters. The van der Waals surface area contributed by atoms with Crippen LogP contribution >= 0.6 is 11.3 Å². The summed E-state index contributed by atoms with van der Waals surface area (Å²) in [6.07, 6.45) is 5.94. The second kappa shape index (κ2) is 7.25. The van der Waals surface area contributed by atoms with Gasteiger partial charge in [-0.3, -0.25) is 9.78 Å². The van der Waals surface area contributed by atoms with E-state index in [0.29, 0.717) is 11.4 Å². The third-order valence-electron chi connectivity index (χ3n) is 4.60. The summed E-state index contributed by atoms with van der Waals surface area (Å²) in [7, 11) is 1.61. The van der Waals surface area contributed by atoms with E-state index in [1.807, 2.05) is 36.4 Å². The summed E-state index contributed by atoms with van der Waals surface area (Å²) in [4.78, 5) is 22.8. The van der Waals surface area contributed by atoms with Crippen LogP contribution in [-0.2, 0) is 17.6 Å². The van der Waals surface area contributed by atoms with Crippen molar-refractivity contribution in [2.24, 2.45) is 5.92 Å². The van der Waals surface area contributed by atoms with Crippen molar-refractivity contribution in [3.8, 4) is 16.3 Å². The molecule has 1 N–H and O–H groups in total. The van der Waals surface area contributed by atoms with Crippen molar-refractivity contribution in [2.45, 2.75) is 19.3 Å². The van der Waals surface area contributed by atoms with Crippen LogP contribution in [0.2, 0.25) is 0 Å². The molecule has 0 saturated carbocycles. The molecule has 0 spiro atoms. The highest BCUT2D eigenvalue weighted by atomic mass is 32.1. The lowest BCUT2D eigenvalue weighted by molar-refractivity contribution is -0.120. The van der Waals surface area contributed by atoms with E-state index in [9.17, 15) is 4.79 Å². The SMILES string of the molecule is COc1ccccc1NC(=O)C1CCc2nc(-c3ccncc3)sc2C1. The van der Waals surface area contributed by atoms with Crippen molar-refractivity contribution in [1.29, 1.82) is 0 Å². The van der Waals surface area contributed by atoms with E-state index in [1.165, 1.54) is 4.88 Å². The van der Waals surface area contributed by atoms with E-state index in [0.717, 1.165) is 35.5 Å². The van der Waals surface area contributed by atoms with Gasteiger partial charge >= 0.3 is 0 Å². The third-order valence-corrected chi connectivity index (χ3v) is 5.77. The summed E-state index contributed by atoms with van der Waals surface area (Å²) in [5.74, 6) is 0.673. The Labute approximate surface area is 156 Å². The molecule has 0 bridgehead atoms. The van der Waals surface area contributed by atoms with E-state index >= 15 is 0 Å². The molecule has 1 aliphatic rings. The van der Waals surface area contributed by atoms with Crippen molar-refractivity contribution in [1.82, 2.24) is 9.97 Å². The van der Waals surface area contributed by atoms with E-state index in [2.05, 4.69) is 10.3 Å². The van der Waals surface area contributed by atoms with Crippen LogP contribution in [0.5, 0.6) is 5.75 Å². The lowest BCUT2D eigenvalue weighted by Crippen LogP contribution is -2.27. The number of nitrogens with zero attached hydrogens (tertiary/aromatic N) is 2. The van der Waals surface area contributed by atoms with Crippen LogP contribution in [0.3, 0.4) is 0 Å². The molecule has 26 heavy (non-hydrogen) atoms. The minimum Gasteiger partial charge on any atom is -0.495 e. The molecule has 0 saturated heterocycles. The molecule has 0 fully saturated rings. The van der Waals surface area contributed by atoms with Crippen molar-refractivity contribution in [3.63, 3.8) is 0 Å². The molecule has 1 aliphatic carbocycles. The van der Waals surface area contributed by atoms with Crippen molar-refractivity contribution >= 4 is 22.9 Å². The summed E-state index contributed by atoms with van der Waals surface area (Å²) in [5.41, 5.74) is 2.92. The summed E-state index contributed by atoms with van der Waals surface area (Å²) in [5, 5.41) is 4.02. The number of amides is 1. The number of methoxy groups -OCH3 is 1. The van der Waals surface area contributed by atoms with Crippen LogP contribution in [0.4, 0.5) is 5.69 Å². The molecule has 3 aromatic rings. The first-order valence-electron chi connectivity index (χ1n) is 8.57. The average molecular weight is 365 g/mol. The number of fused-ring (bicyclic) bond motifs is 1. The van der Waals surface area contributed by atoms with Crippen molar-refractivity contribution in [2.75, 3.05) is 12.4 Å². The zero-order valence-electron chi connectivity index (χ0n) is 14.4. The zero-order valence-corrected chi connectivity index (χ0v) is 15.3. The summed E-state index contributed by atoms with van der Waals surface area (Å²) < 4.78 is 5.31. The molecule has 0 radical (unpaired) electrons. The van der Waals surface area contributed by atoms with Gasteiger partial charge in [0.1, 0.15) is 10.8 Å². The van der Waals surface area contributed by atoms with Crippen LogP contribution in [0.15, 0.2) is 48.8 Å². The van der Waals surface area contributed by atoms with Gasteiger partial charge < -0.3 is 10.1 Å². The number of carbonyl (C=O) groups excluding carboxylic acids is 1. The van der Waals surface area contributed by atoms with Gasteiger partial charge in [0, 0.05) is 28.8 Å². The van der Waals surface area contributed by atoms with E-state index in [-0.39, 0.29) is 11.8 Å². The van der Waals surface area contributed by atoms with Crippen LogP contribution in [0.25, 0.3) is 10.6 Å². The number of anilines is 1. The number of pyridine rings is 1. The molecular formula is C20H19N3O2S. The molecule has 2 heterocycles. The van der Waals surface area contributed by atoms with Crippen molar-refractivity contribution in [3.05, 3.63) is 59.4 Å². The number of thiazole rings is 1. The number of hydrogen-bond acceptors (Lipinski definition) is 5. The summed E-state index contributed by atoms with van der Waals surface area (Å²) in [6.45, 7) is 0. The molecule has 6 heteroatoms. The van der Waals surface area contributed by atoms with E-state index in [1.54, 1.807) is 30.8 Å². The van der Waals surface area contributed by atoms with E-state index < -0.39 is 0 Å². The predicted octanol–water partition coefficient (Wildman–Crippen LogP) is 3.96. The molecule has 4 rings (SSSR count). The maximum Gasteiger partial charge on any atom is 0.227 e. The second-order valence-electron chi connectivity index (χ2n) is 6.25. The quantitative estimate of drug-likeness (QED) is 0.760. The van der Waals surface area contributed by atoms with Crippen molar-refractivity contribution < 1.29 is 9.53 Å². The smallest absolute Gasteiger partial charge is 0.227 e. The fourth-order valence-corrected chi connectivity index (χ4v) is 4.39. The van der Waals surface area contributed by atoms with Gasteiger partial charge in [-0.15, -0.1) is 11.3 Å². The Morgan fingerprint density at radius 1 is 1.23 bits per heavy atom. The van der Waals surface area contributed by atoms with Gasteiger partial charge in [-0.1, -0.05) is 12.1 Å². The van der Waals surface area contributed by atoms with Gasteiger partial charge in [0.05, 0.1) is 18.5 Å². The van der Waals surface area contributed by atoms with E-state index in [4.69, 9.17) is 9.72 Å². The van der Waals surface area contributed by atoms with Gasteiger partial charge in [-0.2, -0.15) is 0 Å². The first-order valence-corrected chi connectivity index (χ1v) is 9.39. The zero-order chi connectivity index (χ0) is 17.9. The van der Waals surface area contributed by atoms with Crippen LogP contribution < -0.4 is 10.1 Å². The Morgan fingerprint density at radius 3 is 2.85 bits per heavy atom. The third kappa shape index (κ3) is 3.32. The van der Waals surface area contributed by atoms with Gasteiger partial charge in [-0.05, 0) is 43.5 Å². The Hall–Kier alpha value is -2.73. The number of nitrogens with one attached hydrogen (secondary N) is 1. The number of para-hydroxylation sites is 2.